The summed E-state index contributed by atoms with van der Waals surface area (Å²) in [6.07, 6.45) is -4.59. The number of amides is 1. The van der Waals surface area contributed by atoms with Crippen molar-refractivity contribution >= 4 is 23.2 Å². The van der Waals surface area contributed by atoms with E-state index in [9.17, 15) is 18.0 Å². The summed E-state index contributed by atoms with van der Waals surface area (Å²) < 4.78 is 38.2. The first-order chi connectivity index (χ1) is 9.66. The predicted molar refractivity (Wildman–Crippen MR) is 74.3 cm³/mol. The van der Waals surface area contributed by atoms with Crippen LogP contribution in [-0.4, -0.2) is 42.2 Å². The molecule has 4 nitrogen and oxygen atoms in total. The molecule has 0 saturated heterocycles. The molecule has 0 radical (unpaired) electrons. The van der Waals surface area contributed by atoms with E-state index in [4.69, 9.17) is 16.7 Å². The third-order valence-corrected chi connectivity index (χ3v) is 3.36. The van der Waals surface area contributed by atoms with Gasteiger partial charge in [0.05, 0.1) is 23.2 Å². The Bertz CT molecular complexity index is 509. The quantitative estimate of drug-likeness (QED) is 0.875. The zero-order valence-electron chi connectivity index (χ0n) is 11.5. The van der Waals surface area contributed by atoms with Crippen LogP contribution in [0.5, 0.6) is 0 Å². The molecule has 1 atom stereocenters. The van der Waals surface area contributed by atoms with E-state index in [2.05, 4.69) is 5.32 Å². The summed E-state index contributed by atoms with van der Waals surface area (Å²) in [5.74, 6) is -0.471. The molecule has 1 amide bonds. The van der Waals surface area contributed by atoms with Gasteiger partial charge in [0.15, 0.2) is 0 Å². The van der Waals surface area contributed by atoms with Crippen molar-refractivity contribution in [3.63, 3.8) is 0 Å². The summed E-state index contributed by atoms with van der Waals surface area (Å²) in [5.41, 5.74) is -0.987. The van der Waals surface area contributed by atoms with Crippen LogP contribution in [0, 0.1) is 0 Å². The highest BCUT2D eigenvalue weighted by atomic mass is 35.5. The van der Waals surface area contributed by atoms with Gasteiger partial charge in [-0.25, -0.2) is 0 Å². The van der Waals surface area contributed by atoms with Crippen molar-refractivity contribution in [2.75, 3.05) is 25.5 Å². The third kappa shape index (κ3) is 4.87. The standard InChI is InChI=1S/C13H16ClF3N2O2/c1-8(19(2)5-6-20)12(21)18-9-3-4-11(14)10(7-9)13(15,16)17/h3-4,7-8,20H,5-6H2,1-2H3,(H,18,21). The molecule has 0 aliphatic rings. The largest absolute Gasteiger partial charge is 0.417 e. The van der Waals surface area contributed by atoms with Gasteiger partial charge in [-0.2, -0.15) is 13.2 Å². The summed E-state index contributed by atoms with van der Waals surface area (Å²) >= 11 is 5.50. The number of anilines is 1. The lowest BCUT2D eigenvalue weighted by molar-refractivity contribution is -0.137. The van der Waals surface area contributed by atoms with Crippen molar-refractivity contribution in [2.24, 2.45) is 0 Å². The van der Waals surface area contributed by atoms with Crippen molar-refractivity contribution in [1.82, 2.24) is 4.90 Å². The number of aliphatic hydroxyl groups is 1. The van der Waals surface area contributed by atoms with Crippen LogP contribution in [-0.2, 0) is 11.0 Å². The highest BCUT2D eigenvalue weighted by Gasteiger charge is 2.33. The molecule has 1 unspecified atom stereocenters. The fourth-order valence-electron chi connectivity index (χ4n) is 1.62. The van der Waals surface area contributed by atoms with Crippen molar-refractivity contribution in [1.29, 1.82) is 0 Å². The smallest absolute Gasteiger partial charge is 0.395 e. The zero-order chi connectivity index (χ0) is 16.2. The number of rotatable bonds is 5. The van der Waals surface area contributed by atoms with Crippen LogP contribution < -0.4 is 5.32 Å². The molecule has 0 saturated carbocycles. The van der Waals surface area contributed by atoms with Crippen molar-refractivity contribution in [2.45, 2.75) is 19.1 Å². The van der Waals surface area contributed by atoms with E-state index >= 15 is 0 Å². The molecule has 118 valence electrons. The number of halogens is 4. The Balaban J connectivity index is 2.86. The maximum Gasteiger partial charge on any atom is 0.417 e. The Kier molecular flexibility index (Phi) is 6.00. The molecule has 1 rings (SSSR count). The van der Waals surface area contributed by atoms with Gasteiger partial charge in [-0.3, -0.25) is 9.69 Å². The lowest BCUT2D eigenvalue weighted by Crippen LogP contribution is -2.40. The van der Waals surface area contributed by atoms with E-state index in [0.717, 1.165) is 12.1 Å². The van der Waals surface area contributed by atoms with E-state index in [1.807, 2.05) is 0 Å². The van der Waals surface area contributed by atoms with Crippen LogP contribution in [0.1, 0.15) is 12.5 Å². The first-order valence-corrected chi connectivity index (χ1v) is 6.53. The highest BCUT2D eigenvalue weighted by Crippen LogP contribution is 2.36. The van der Waals surface area contributed by atoms with Gasteiger partial charge in [-0.1, -0.05) is 11.6 Å². The number of likely N-dealkylation sites (N-methyl/N-ethyl adjacent to an activating group) is 1. The second-order valence-corrected chi connectivity index (χ2v) is 4.97. The Morgan fingerprint density at radius 3 is 2.62 bits per heavy atom. The number of hydrogen-bond donors (Lipinski definition) is 2. The second-order valence-electron chi connectivity index (χ2n) is 4.56. The Labute approximate surface area is 125 Å². The molecule has 1 aromatic rings. The minimum atomic E-state index is -4.59. The third-order valence-electron chi connectivity index (χ3n) is 3.03. The number of carbonyl (C=O) groups is 1. The average molecular weight is 325 g/mol. The minimum Gasteiger partial charge on any atom is -0.395 e. The molecule has 2 N–H and O–H groups in total. The SMILES string of the molecule is CC(C(=O)Nc1ccc(Cl)c(C(F)(F)F)c1)N(C)CCO. The van der Waals surface area contributed by atoms with Crippen LogP contribution in [0.25, 0.3) is 0 Å². The first kappa shape index (κ1) is 17.7. The number of aliphatic hydroxyl groups excluding tert-OH is 1. The minimum absolute atomic E-state index is 0.0148. The fraction of sp³-hybridized carbons (Fsp3) is 0.462. The number of nitrogens with one attached hydrogen (secondary N) is 1. The van der Waals surface area contributed by atoms with Crippen LogP contribution in [0.2, 0.25) is 5.02 Å². The van der Waals surface area contributed by atoms with Gasteiger partial charge in [-0.15, -0.1) is 0 Å². The molecule has 0 aliphatic carbocycles. The molecule has 0 aromatic heterocycles. The van der Waals surface area contributed by atoms with Crippen LogP contribution in [0.3, 0.4) is 0 Å². The maximum atomic E-state index is 12.7. The topological polar surface area (TPSA) is 52.6 Å². The van der Waals surface area contributed by atoms with E-state index in [0.29, 0.717) is 0 Å². The maximum absolute atomic E-state index is 12.7. The van der Waals surface area contributed by atoms with E-state index < -0.39 is 28.7 Å². The summed E-state index contributed by atoms with van der Waals surface area (Å²) in [5, 5.41) is 10.8. The summed E-state index contributed by atoms with van der Waals surface area (Å²) in [7, 11) is 1.63. The van der Waals surface area contributed by atoms with Crippen LogP contribution >= 0.6 is 11.6 Å². The lowest BCUT2D eigenvalue weighted by atomic mass is 10.2. The molecule has 0 bridgehead atoms. The normalized spacial score (nSPS) is 13.3. The molecule has 1 aromatic carbocycles. The predicted octanol–water partition coefficient (Wildman–Crippen LogP) is 2.61. The van der Waals surface area contributed by atoms with Gasteiger partial charge < -0.3 is 10.4 Å². The molecule has 0 heterocycles. The lowest BCUT2D eigenvalue weighted by Gasteiger charge is -2.23. The number of nitrogens with zero attached hydrogens (tertiary/aromatic N) is 1. The van der Waals surface area contributed by atoms with Crippen molar-refractivity contribution in [3.8, 4) is 0 Å². The average Bonchev–Trinajstić information content (AvgIpc) is 2.39. The monoisotopic (exact) mass is 324 g/mol. The van der Waals surface area contributed by atoms with Gasteiger partial charge in [0, 0.05) is 12.2 Å². The zero-order valence-corrected chi connectivity index (χ0v) is 12.3. The molecule has 21 heavy (non-hydrogen) atoms. The van der Waals surface area contributed by atoms with E-state index in [1.165, 1.54) is 6.07 Å². The summed E-state index contributed by atoms with van der Waals surface area (Å²) in [6, 6.07) is 2.58. The van der Waals surface area contributed by atoms with Gasteiger partial charge in [0.2, 0.25) is 5.91 Å². The molecule has 0 aliphatic heterocycles. The fourth-order valence-corrected chi connectivity index (χ4v) is 1.84. The second kappa shape index (κ2) is 7.11. The molecule has 0 spiro atoms. The van der Waals surface area contributed by atoms with Crippen LogP contribution in [0.4, 0.5) is 18.9 Å². The van der Waals surface area contributed by atoms with E-state index in [1.54, 1.807) is 18.9 Å². The van der Waals surface area contributed by atoms with Gasteiger partial charge >= 0.3 is 6.18 Å². The van der Waals surface area contributed by atoms with Crippen molar-refractivity contribution in [3.05, 3.63) is 28.8 Å². The number of alkyl halides is 3. The Hall–Kier alpha value is -1.31. The summed E-state index contributed by atoms with van der Waals surface area (Å²) in [6.45, 7) is 1.75. The van der Waals surface area contributed by atoms with Gasteiger partial charge in [0.1, 0.15) is 0 Å². The Morgan fingerprint density at radius 2 is 2.10 bits per heavy atom. The number of benzene rings is 1. The molecule has 8 heteroatoms. The van der Waals surface area contributed by atoms with E-state index in [-0.39, 0.29) is 18.8 Å². The highest BCUT2D eigenvalue weighted by molar-refractivity contribution is 6.31. The summed E-state index contributed by atoms with van der Waals surface area (Å²) in [4.78, 5) is 13.5. The number of hydrogen-bond acceptors (Lipinski definition) is 3. The van der Waals surface area contributed by atoms with Crippen molar-refractivity contribution < 1.29 is 23.1 Å². The van der Waals surface area contributed by atoms with Crippen LogP contribution in [0.15, 0.2) is 18.2 Å². The Morgan fingerprint density at radius 1 is 1.48 bits per heavy atom. The first-order valence-electron chi connectivity index (χ1n) is 6.15. The van der Waals surface area contributed by atoms with Gasteiger partial charge in [-0.05, 0) is 32.2 Å². The molecular formula is C13H16ClF3N2O2. The number of carbonyl (C=O) groups excluding carboxylic acids is 1. The van der Waals surface area contributed by atoms with Gasteiger partial charge in [0.25, 0.3) is 0 Å². The molecule has 0 fully saturated rings. The molecular weight excluding hydrogens is 309 g/mol.